The summed E-state index contributed by atoms with van der Waals surface area (Å²) >= 11 is 1.69. The average molecular weight is 156 g/mol. The SMILES string of the molecule is O=C1CCN=C2SCCN12. The molecule has 0 aromatic rings. The summed E-state index contributed by atoms with van der Waals surface area (Å²) in [6, 6.07) is 0. The van der Waals surface area contributed by atoms with E-state index in [2.05, 4.69) is 4.99 Å². The molecule has 0 atom stereocenters. The van der Waals surface area contributed by atoms with Crippen LogP contribution in [0.1, 0.15) is 6.42 Å². The zero-order chi connectivity index (χ0) is 6.97. The lowest BCUT2D eigenvalue weighted by Crippen LogP contribution is -2.35. The second-order valence-corrected chi connectivity index (χ2v) is 3.37. The highest BCUT2D eigenvalue weighted by molar-refractivity contribution is 8.14. The Labute approximate surface area is 63.5 Å². The minimum Gasteiger partial charge on any atom is -0.291 e. The largest absolute Gasteiger partial charge is 0.291 e. The summed E-state index contributed by atoms with van der Waals surface area (Å²) in [5, 5.41) is 0.941. The van der Waals surface area contributed by atoms with Gasteiger partial charge in [-0.2, -0.15) is 0 Å². The Bertz CT molecular complexity index is 202. The first kappa shape index (κ1) is 6.22. The number of carbonyl (C=O) groups is 1. The van der Waals surface area contributed by atoms with Gasteiger partial charge in [0, 0.05) is 18.7 Å². The molecule has 0 unspecified atom stereocenters. The normalized spacial score (nSPS) is 24.6. The van der Waals surface area contributed by atoms with Gasteiger partial charge in [-0.1, -0.05) is 11.8 Å². The fourth-order valence-electron chi connectivity index (χ4n) is 1.15. The van der Waals surface area contributed by atoms with E-state index in [-0.39, 0.29) is 5.91 Å². The third-order valence-electron chi connectivity index (χ3n) is 1.65. The summed E-state index contributed by atoms with van der Waals surface area (Å²) < 4.78 is 0. The molecule has 2 heterocycles. The van der Waals surface area contributed by atoms with Crippen molar-refractivity contribution in [2.45, 2.75) is 6.42 Å². The van der Waals surface area contributed by atoms with Gasteiger partial charge >= 0.3 is 0 Å². The van der Waals surface area contributed by atoms with E-state index in [1.807, 2.05) is 0 Å². The van der Waals surface area contributed by atoms with Crippen molar-refractivity contribution < 1.29 is 4.79 Å². The van der Waals surface area contributed by atoms with Crippen molar-refractivity contribution in [1.29, 1.82) is 0 Å². The third-order valence-corrected chi connectivity index (χ3v) is 2.65. The number of hydrogen-bond donors (Lipinski definition) is 0. The van der Waals surface area contributed by atoms with Crippen molar-refractivity contribution in [2.24, 2.45) is 4.99 Å². The van der Waals surface area contributed by atoms with Crippen molar-refractivity contribution in [1.82, 2.24) is 4.90 Å². The van der Waals surface area contributed by atoms with Gasteiger partial charge in [-0.05, 0) is 0 Å². The maximum Gasteiger partial charge on any atom is 0.230 e. The van der Waals surface area contributed by atoms with E-state index in [0.29, 0.717) is 13.0 Å². The summed E-state index contributed by atoms with van der Waals surface area (Å²) in [5.41, 5.74) is 0. The van der Waals surface area contributed by atoms with E-state index >= 15 is 0 Å². The van der Waals surface area contributed by atoms with E-state index in [4.69, 9.17) is 0 Å². The van der Waals surface area contributed by atoms with Crippen molar-refractivity contribution in [3.8, 4) is 0 Å². The number of thioether (sulfide) groups is 1. The van der Waals surface area contributed by atoms with Crippen LogP contribution in [0.25, 0.3) is 0 Å². The van der Waals surface area contributed by atoms with Gasteiger partial charge in [0.05, 0.1) is 6.54 Å². The standard InChI is InChI=1S/C6H8N2OS/c9-5-1-2-7-6-8(5)3-4-10-6/h1-4H2. The molecule has 4 heteroatoms. The number of rotatable bonds is 0. The number of hydrogen-bond acceptors (Lipinski definition) is 3. The molecule has 0 spiro atoms. The van der Waals surface area contributed by atoms with E-state index in [1.165, 1.54) is 0 Å². The van der Waals surface area contributed by atoms with Gasteiger partial charge < -0.3 is 0 Å². The van der Waals surface area contributed by atoms with Crippen LogP contribution in [0.5, 0.6) is 0 Å². The molecular formula is C6H8N2OS. The molecule has 0 saturated carbocycles. The minimum absolute atomic E-state index is 0.245. The molecule has 1 amide bonds. The van der Waals surface area contributed by atoms with E-state index < -0.39 is 0 Å². The van der Waals surface area contributed by atoms with Crippen molar-refractivity contribution in [3.05, 3.63) is 0 Å². The Morgan fingerprint density at radius 3 is 3.30 bits per heavy atom. The topological polar surface area (TPSA) is 32.7 Å². The van der Waals surface area contributed by atoms with Gasteiger partial charge in [-0.3, -0.25) is 14.7 Å². The summed E-state index contributed by atoms with van der Waals surface area (Å²) in [4.78, 5) is 17.1. The molecule has 0 radical (unpaired) electrons. The first-order chi connectivity index (χ1) is 4.88. The molecule has 54 valence electrons. The van der Waals surface area contributed by atoms with Crippen molar-refractivity contribution in [3.63, 3.8) is 0 Å². The molecule has 1 fully saturated rings. The molecule has 0 bridgehead atoms. The Hall–Kier alpha value is -0.510. The molecule has 0 aromatic carbocycles. The van der Waals surface area contributed by atoms with Gasteiger partial charge in [0.2, 0.25) is 5.91 Å². The van der Waals surface area contributed by atoms with E-state index in [9.17, 15) is 4.79 Å². The summed E-state index contributed by atoms with van der Waals surface area (Å²) in [6.07, 6.45) is 0.601. The Balaban J connectivity index is 2.26. The second kappa shape index (κ2) is 2.27. The first-order valence-corrected chi connectivity index (χ1v) is 4.34. The van der Waals surface area contributed by atoms with Crippen LogP contribution < -0.4 is 0 Å². The highest BCUT2D eigenvalue weighted by Crippen LogP contribution is 2.21. The van der Waals surface area contributed by atoms with Gasteiger partial charge in [-0.15, -0.1) is 0 Å². The number of carbonyl (C=O) groups excluding carboxylic acids is 1. The fourth-order valence-corrected chi connectivity index (χ4v) is 2.13. The highest BCUT2D eigenvalue weighted by Gasteiger charge is 2.27. The minimum atomic E-state index is 0.245. The summed E-state index contributed by atoms with van der Waals surface area (Å²) in [6.45, 7) is 1.56. The van der Waals surface area contributed by atoms with Gasteiger partial charge in [0.1, 0.15) is 0 Å². The Morgan fingerprint density at radius 1 is 1.60 bits per heavy atom. The maximum atomic E-state index is 11.1. The van der Waals surface area contributed by atoms with E-state index in [1.54, 1.807) is 16.7 Å². The van der Waals surface area contributed by atoms with Gasteiger partial charge in [-0.25, -0.2) is 0 Å². The number of nitrogens with zero attached hydrogens (tertiary/aromatic N) is 2. The van der Waals surface area contributed by atoms with Crippen LogP contribution in [0.4, 0.5) is 0 Å². The van der Waals surface area contributed by atoms with Crippen LogP contribution in [0.2, 0.25) is 0 Å². The molecule has 0 aliphatic carbocycles. The zero-order valence-electron chi connectivity index (χ0n) is 5.54. The molecule has 2 aliphatic heterocycles. The van der Waals surface area contributed by atoms with Crippen LogP contribution in [0.3, 0.4) is 0 Å². The number of amidine groups is 1. The maximum absolute atomic E-state index is 11.1. The van der Waals surface area contributed by atoms with Crippen LogP contribution >= 0.6 is 11.8 Å². The lowest BCUT2D eigenvalue weighted by molar-refractivity contribution is -0.127. The lowest BCUT2D eigenvalue weighted by atomic mass is 10.3. The monoisotopic (exact) mass is 156 g/mol. The molecular weight excluding hydrogens is 148 g/mol. The molecule has 0 N–H and O–H groups in total. The smallest absolute Gasteiger partial charge is 0.230 e. The Kier molecular flexibility index (Phi) is 1.41. The molecule has 2 aliphatic rings. The Morgan fingerprint density at radius 2 is 2.50 bits per heavy atom. The van der Waals surface area contributed by atoms with E-state index in [0.717, 1.165) is 17.5 Å². The summed E-state index contributed by atoms with van der Waals surface area (Å²) in [5.74, 6) is 1.26. The van der Waals surface area contributed by atoms with Gasteiger partial charge in [0.15, 0.2) is 5.17 Å². The highest BCUT2D eigenvalue weighted by atomic mass is 32.2. The molecule has 3 nitrogen and oxygen atoms in total. The summed E-state index contributed by atoms with van der Waals surface area (Å²) in [7, 11) is 0. The molecule has 0 aromatic heterocycles. The first-order valence-electron chi connectivity index (χ1n) is 3.35. The third kappa shape index (κ3) is 0.831. The number of amides is 1. The molecule has 2 rings (SSSR count). The van der Waals surface area contributed by atoms with Crippen LogP contribution in [0.15, 0.2) is 4.99 Å². The lowest BCUT2D eigenvalue weighted by Gasteiger charge is -2.18. The fraction of sp³-hybridized carbons (Fsp3) is 0.667. The van der Waals surface area contributed by atoms with Gasteiger partial charge in [0.25, 0.3) is 0 Å². The van der Waals surface area contributed by atoms with Crippen LogP contribution in [-0.4, -0.2) is 34.8 Å². The quantitative estimate of drug-likeness (QED) is 0.506. The van der Waals surface area contributed by atoms with Crippen molar-refractivity contribution in [2.75, 3.05) is 18.8 Å². The van der Waals surface area contributed by atoms with Crippen LogP contribution in [0, 0.1) is 0 Å². The number of aliphatic imine (C=N–C) groups is 1. The molecule has 10 heavy (non-hydrogen) atoms. The predicted octanol–water partition coefficient (Wildman–Crippen LogP) is 0.322. The predicted molar refractivity (Wildman–Crippen MR) is 41.1 cm³/mol. The van der Waals surface area contributed by atoms with Crippen molar-refractivity contribution >= 4 is 22.8 Å². The second-order valence-electron chi connectivity index (χ2n) is 2.31. The molecule has 1 saturated heterocycles. The average Bonchev–Trinajstić information content (AvgIpc) is 2.36. The van der Waals surface area contributed by atoms with Crippen LogP contribution in [-0.2, 0) is 4.79 Å². The number of fused-ring (bicyclic) bond motifs is 1. The zero-order valence-corrected chi connectivity index (χ0v) is 6.36.